The molecular weight excluding hydrogens is 358 g/mol. The van der Waals surface area contributed by atoms with Crippen molar-refractivity contribution in [1.82, 2.24) is 10.2 Å². The van der Waals surface area contributed by atoms with E-state index in [2.05, 4.69) is 27.0 Å². The van der Waals surface area contributed by atoms with Gasteiger partial charge in [0.05, 0.1) is 19.3 Å². The zero-order valence-corrected chi connectivity index (χ0v) is 15.6. The predicted molar refractivity (Wildman–Crippen MR) is 103 cm³/mol. The van der Waals surface area contributed by atoms with Gasteiger partial charge in [-0.15, -0.1) is 11.3 Å². The average Bonchev–Trinajstić information content (AvgIpc) is 3.10. The fourth-order valence-electron chi connectivity index (χ4n) is 3.08. The highest BCUT2D eigenvalue weighted by atomic mass is 35.5. The van der Waals surface area contributed by atoms with Gasteiger partial charge < -0.3 is 15.4 Å². The quantitative estimate of drug-likeness (QED) is 0.826. The van der Waals surface area contributed by atoms with Crippen LogP contribution in [0.4, 0.5) is 10.5 Å². The van der Waals surface area contributed by atoms with Gasteiger partial charge in [-0.2, -0.15) is 0 Å². The lowest BCUT2D eigenvalue weighted by atomic mass is 10.1. The molecule has 0 bridgehead atoms. The molecule has 1 aromatic heterocycles. The second-order valence-corrected chi connectivity index (χ2v) is 7.42. The molecule has 2 N–H and O–H groups in total. The van der Waals surface area contributed by atoms with E-state index in [9.17, 15) is 4.79 Å². The van der Waals surface area contributed by atoms with Gasteiger partial charge in [-0.3, -0.25) is 4.90 Å². The molecule has 1 fully saturated rings. The number of hydrogen-bond donors (Lipinski definition) is 2. The third kappa shape index (κ3) is 4.95. The number of morpholine rings is 1. The molecule has 2 atom stereocenters. The summed E-state index contributed by atoms with van der Waals surface area (Å²) < 4.78 is 5.47. The maximum Gasteiger partial charge on any atom is 0.319 e. The van der Waals surface area contributed by atoms with E-state index in [1.807, 2.05) is 25.1 Å². The first-order chi connectivity index (χ1) is 12.1. The van der Waals surface area contributed by atoms with Gasteiger partial charge in [-0.05, 0) is 36.6 Å². The van der Waals surface area contributed by atoms with Crippen molar-refractivity contribution in [2.75, 3.05) is 31.6 Å². The number of ether oxygens (including phenoxy) is 1. The van der Waals surface area contributed by atoms with Crippen LogP contribution in [0, 0.1) is 0 Å². The number of amides is 2. The van der Waals surface area contributed by atoms with Crippen molar-refractivity contribution in [1.29, 1.82) is 0 Å². The SMILES string of the molecule is C[C@@H](NC(=O)Nc1cccc(Cl)c1)[C@H](c1cccs1)N1CCOCC1. The lowest BCUT2D eigenvalue weighted by Crippen LogP contribution is -2.49. The van der Waals surface area contributed by atoms with Gasteiger partial charge in [-0.1, -0.05) is 23.7 Å². The zero-order chi connectivity index (χ0) is 17.6. The average molecular weight is 380 g/mol. The van der Waals surface area contributed by atoms with E-state index in [4.69, 9.17) is 16.3 Å². The molecule has 5 nitrogen and oxygen atoms in total. The molecule has 1 aromatic carbocycles. The molecule has 2 heterocycles. The van der Waals surface area contributed by atoms with Crippen LogP contribution in [0.25, 0.3) is 0 Å². The molecule has 25 heavy (non-hydrogen) atoms. The summed E-state index contributed by atoms with van der Waals surface area (Å²) in [6, 6.07) is 11.2. The Morgan fingerprint density at radius 3 is 2.76 bits per heavy atom. The Kier molecular flexibility index (Phi) is 6.31. The van der Waals surface area contributed by atoms with Crippen molar-refractivity contribution in [3.8, 4) is 0 Å². The van der Waals surface area contributed by atoms with E-state index in [1.165, 1.54) is 4.88 Å². The maximum absolute atomic E-state index is 12.4. The molecule has 2 aromatic rings. The second kappa shape index (κ2) is 8.67. The molecule has 1 aliphatic heterocycles. The Bertz CT molecular complexity index is 689. The smallest absolute Gasteiger partial charge is 0.319 e. The third-order valence-electron chi connectivity index (χ3n) is 4.19. The lowest BCUT2D eigenvalue weighted by molar-refractivity contribution is 0.0106. The van der Waals surface area contributed by atoms with E-state index in [1.54, 1.807) is 23.5 Å². The van der Waals surface area contributed by atoms with Crippen molar-refractivity contribution in [2.24, 2.45) is 0 Å². The van der Waals surface area contributed by atoms with Gasteiger partial charge in [0.1, 0.15) is 0 Å². The van der Waals surface area contributed by atoms with E-state index < -0.39 is 0 Å². The number of benzene rings is 1. The van der Waals surface area contributed by atoms with Gasteiger partial charge in [0, 0.05) is 34.7 Å². The highest BCUT2D eigenvalue weighted by molar-refractivity contribution is 7.10. The number of hydrogen-bond acceptors (Lipinski definition) is 4. The van der Waals surface area contributed by atoms with Crippen LogP contribution in [-0.4, -0.2) is 43.3 Å². The Hall–Kier alpha value is -1.60. The molecule has 1 aliphatic rings. The number of urea groups is 1. The largest absolute Gasteiger partial charge is 0.379 e. The fourth-order valence-corrected chi connectivity index (χ4v) is 4.23. The number of nitrogens with zero attached hydrogens (tertiary/aromatic N) is 1. The summed E-state index contributed by atoms with van der Waals surface area (Å²) in [5.41, 5.74) is 0.677. The Morgan fingerprint density at radius 1 is 1.28 bits per heavy atom. The Morgan fingerprint density at radius 2 is 2.08 bits per heavy atom. The summed E-state index contributed by atoms with van der Waals surface area (Å²) in [4.78, 5) is 16.0. The first-order valence-electron chi connectivity index (χ1n) is 8.32. The van der Waals surface area contributed by atoms with E-state index >= 15 is 0 Å². The molecule has 0 unspecified atom stereocenters. The molecule has 0 saturated carbocycles. The summed E-state index contributed by atoms with van der Waals surface area (Å²) in [7, 11) is 0. The van der Waals surface area contributed by atoms with Gasteiger partial charge in [0.15, 0.2) is 0 Å². The minimum Gasteiger partial charge on any atom is -0.379 e. The van der Waals surface area contributed by atoms with Crippen LogP contribution in [0.1, 0.15) is 17.8 Å². The lowest BCUT2D eigenvalue weighted by Gasteiger charge is -2.37. The summed E-state index contributed by atoms with van der Waals surface area (Å²) in [6.45, 7) is 5.22. The Balaban J connectivity index is 1.67. The van der Waals surface area contributed by atoms with Gasteiger partial charge in [0.2, 0.25) is 0 Å². The van der Waals surface area contributed by atoms with Crippen LogP contribution in [0.3, 0.4) is 0 Å². The Labute approximate surface area is 156 Å². The molecular formula is C18H22ClN3O2S. The number of thiophene rings is 1. The van der Waals surface area contributed by atoms with Crippen LogP contribution in [0.15, 0.2) is 41.8 Å². The van der Waals surface area contributed by atoms with Crippen LogP contribution in [-0.2, 0) is 4.74 Å². The predicted octanol–water partition coefficient (Wildman–Crippen LogP) is 3.99. The molecule has 0 radical (unpaired) electrons. The zero-order valence-electron chi connectivity index (χ0n) is 14.1. The van der Waals surface area contributed by atoms with Crippen LogP contribution in [0.5, 0.6) is 0 Å². The van der Waals surface area contributed by atoms with E-state index in [0.717, 1.165) is 26.3 Å². The third-order valence-corrected chi connectivity index (χ3v) is 5.37. The molecule has 2 amide bonds. The van der Waals surface area contributed by atoms with E-state index in [0.29, 0.717) is 10.7 Å². The van der Waals surface area contributed by atoms with Crippen molar-refractivity contribution in [3.63, 3.8) is 0 Å². The number of carbonyl (C=O) groups excluding carboxylic acids is 1. The molecule has 7 heteroatoms. The highest BCUT2D eigenvalue weighted by Crippen LogP contribution is 2.29. The summed E-state index contributed by atoms with van der Waals surface area (Å²) in [5.74, 6) is 0. The normalized spacial score (nSPS) is 17.7. The van der Waals surface area contributed by atoms with Crippen molar-refractivity contribution < 1.29 is 9.53 Å². The molecule has 134 valence electrons. The highest BCUT2D eigenvalue weighted by Gasteiger charge is 2.29. The van der Waals surface area contributed by atoms with E-state index in [-0.39, 0.29) is 18.1 Å². The first-order valence-corrected chi connectivity index (χ1v) is 9.57. The summed E-state index contributed by atoms with van der Waals surface area (Å²) in [6.07, 6.45) is 0. The summed E-state index contributed by atoms with van der Waals surface area (Å²) >= 11 is 7.68. The number of rotatable bonds is 5. The summed E-state index contributed by atoms with van der Waals surface area (Å²) in [5, 5.41) is 8.57. The second-order valence-electron chi connectivity index (χ2n) is 6.01. The minimum atomic E-state index is -0.232. The van der Waals surface area contributed by atoms with Gasteiger partial charge in [0.25, 0.3) is 0 Å². The maximum atomic E-state index is 12.4. The molecule has 3 rings (SSSR count). The molecule has 0 aliphatic carbocycles. The number of anilines is 1. The van der Waals surface area contributed by atoms with Crippen LogP contribution >= 0.6 is 22.9 Å². The van der Waals surface area contributed by atoms with Crippen molar-refractivity contribution in [3.05, 3.63) is 51.7 Å². The standard InChI is InChI=1S/C18H22ClN3O2S/c1-13(20-18(23)21-15-5-2-4-14(19)12-15)17(16-6-3-11-25-16)22-7-9-24-10-8-22/h2-6,11-13,17H,7-10H2,1H3,(H2,20,21,23)/t13-,17-/m1/s1. The fraction of sp³-hybridized carbons (Fsp3) is 0.389. The van der Waals surface area contributed by atoms with Crippen LogP contribution < -0.4 is 10.6 Å². The molecule has 1 saturated heterocycles. The minimum absolute atomic E-state index is 0.0454. The monoisotopic (exact) mass is 379 g/mol. The molecule has 0 spiro atoms. The number of halogens is 1. The van der Waals surface area contributed by atoms with Crippen molar-refractivity contribution >= 4 is 34.7 Å². The van der Waals surface area contributed by atoms with Gasteiger partial charge >= 0.3 is 6.03 Å². The van der Waals surface area contributed by atoms with Crippen LogP contribution in [0.2, 0.25) is 5.02 Å². The number of nitrogens with one attached hydrogen (secondary N) is 2. The first kappa shape index (κ1) is 18.2. The number of carbonyl (C=O) groups is 1. The van der Waals surface area contributed by atoms with Gasteiger partial charge in [-0.25, -0.2) is 4.79 Å². The topological polar surface area (TPSA) is 53.6 Å². The van der Waals surface area contributed by atoms with Crippen molar-refractivity contribution in [2.45, 2.75) is 19.0 Å².